The van der Waals surface area contributed by atoms with Gasteiger partial charge in [0.2, 0.25) is 0 Å². The molecule has 0 heterocycles. The molecule has 16 heavy (non-hydrogen) atoms. The molecular weight excluding hydrogens is 202 g/mol. The van der Waals surface area contributed by atoms with Gasteiger partial charge in [-0.1, -0.05) is 23.7 Å². The molecule has 1 aromatic rings. The molecular formula is C13H16NO2. The zero-order chi connectivity index (χ0) is 11.2. The SMILES string of the molecule is COc1cccc(CO/N=[C]\C2CCC2)c1. The molecule has 3 nitrogen and oxygen atoms in total. The summed E-state index contributed by atoms with van der Waals surface area (Å²) in [6.45, 7) is 0.469. The summed E-state index contributed by atoms with van der Waals surface area (Å²) in [5.41, 5.74) is 1.05. The molecule has 1 saturated carbocycles. The minimum Gasteiger partial charge on any atom is -0.497 e. The third-order valence-electron chi connectivity index (χ3n) is 2.77. The Kier molecular flexibility index (Phi) is 3.81. The largest absolute Gasteiger partial charge is 0.497 e. The summed E-state index contributed by atoms with van der Waals surface area (Å²) in [6.07, 6.45) is 6.69. The molecule has 0 amide bonds. The van der Waals surface area contributed by atoms with Crippen LogP contribution in [0.1, 0.15) is 24.8 Å². The molecule has 0 N–H and O–H groups in total. The molecule has 1 aliphatic rings. The summed E-state index contributed by atoms with van der Waals surface area (Å²) >= 11 is 0. The molecule has 0 aromatic heterocycles. The highest BCUT2D eigenvalue weighted by atomic mass is 16.6. The average molecular weight is 218 g/mol. The van der Waals surface area contributed by atoms with Crippen molar-refractivity contribution in [2.24, 2.45) is 11.1 Å². The minimum atomic E-state index is 0.469. The lowest BCUT2D eigenvalue weighted by atomic mass is 9.87. The van der Waals surface area contributed by atoms with Crippen molar-refractivity contribution in [1.82, 2.24) is 0 Å². The van der Waals surface area contributed by atoms with Gasteiger partial charge in [-0.2, -0.15) is 0 Å². The van der Waals surface area contributed by atoms with E-state index in [0.29, 0.717) is 12.5 Å². The molecule has 3 heteroatoms. The molecule has 0 aliphatic heterocycles. The number of benzene rings is 1. The van der Waals surface area contributed by atoms with Crippen molar-refractivity contribution >= 4 is 6.21 Å². The maximum Gasteiger partial charge on any atom is 0.142 e. The lowest BCUT2D eigenvalue weighted by Crippen LogP contribution is -2.11. The number of hydrogen-bond acceptors (Lipinski definition) is 3. The highest BCUT2D eigenvalue weighted by Crippen LogP contribution is 2.24. The highest BCUT2D eigenvalue weighted by Gasteiger charge is 2.15. The Balaban J connectivity index is 1.77. The summed E-state index contributed by atoms with van der Waals surface area (Å²) in [5, 5.41) is 3.85. The summed E-state index contributed by atoms with van der Waals surface area (Å²) in [5.74, 6) is 1.36. The van der Waals surface area contributed by atoms with E-state index in [1.165, 1.54) is 19.3 Å². The van der Waals surface area contributed by atoms with Crippen LogP contribution in [-0.4, -0.2) is 13.3 Å². The van der Waals surface area contributed by atoms with Gasteiger partial charge in [0.05, 0.1) is 7.11 Å². The van der Waals surface area contributed by atoms with Crippen LogP contribution >= 0.6 is 0 Å². The summed E-state index contributed by atoms with van der Waals surface area (Å²) in [4.78, 5) is 5.18. The van der Waals surface area contributed by atoms with E-state index in [1.54, 1.807) is 7.11 Å². The van der Waals surface area contributed by atoms with Crippen LogP contribution in [0.15, 0.2) is 29.4 Å². The molecule has 1 radical (unpaired) electrons. The Morgan fingerprint density at radius 2 is 2.31 bits per heavy atom. The van der Waals surface area contributed by atoms with E-state index >= 15 is 0 Å². The number of nitrogens with zero attached hydrogens (tertiary/aromatic N) is 1. The van der Waals surface area contributed by atoms with Gasteiger partial charge in [0.15, 0.2) is 0 Å². The molecule has 1 fully saturated rings. The highest BCUT2D eigenvalue weighted by molar-refractivity contribution is 5.60. The van der Waals surface area contributed by atoms with Crippen molar-refractivity contribution in [1.29, 1.82) is 0 Å². The first kappa shape index (κ1) is 11.0. The Hall–Kier alpha value is -1.51. The number of rotatable bonds is 5. The van der Waals surface area contributed by atoms with Crippen molar-refractivity contribution in [3.63, 3.8) is 0 Å². The maximum atomic E-state index is 5.18. The molecule has 0 unspecified atom stereocenters. The van der Waals surface area contributed by atoms with Crippen molar-refractivity contribution in [3.8, 4) is 5.75 Å². The first-order valence-electron chi connectivity index (χ1n) is 5.59. The van der Waals surface area contributed by atoms with Crippen LogP contribution in [0.5, 0.6) is 5.75 Å². The molecule has 0 atom stereocenters. The molecule has 85 valence electrons. The first-order valence-corrected chi connectivity index (χ1v) is 5.59. The lowest BCUT2D eigenvalue weighted by molar-refractivity contribution is 0.129. The molecule has 0 bridgehead atoms. The van der Waals surface area contributed by atoms with E-state index in [-0.39, 0.29) is 0 Å². The fraction of sp³-hybridized carbons (Fsp3) is 0.462. The van der Waals surface area contributed by atoms with E-state index in [0.717, 1.165) is 11.3 Å². The van der Waals surface area contributed by atoms with Gasteiger partial charge in [-0.15, -0.1) is 0 Å². The average Bonchev–Trinajstić information content (AvgIpc) is 2.27. The van der Waals surface area contributed by atoms with Crippen molar-refractivity contribution in [3.05, 3.63) is 29.8 Å². The van der Waals surface area contributed by atoms with Gasteiger partial charge in [0.25, 0.3) is 0 Å². The minimum absolute atomic E-state index is 0.469. The van der Waals surface area contributed by atoms with Gasteiger partial charge in [0.1, 0.15) is 18.6 Å². The summed E-state index contributed by atoms with van der Waals surface area (Å²) in [6, 6.07) is 7.78. The zero-order valence-corrected chi connectivity index (χ0v) is 9.48. The fourth-order valence-corrected chi connectivity index (χ4v) is 1.52. The quantitative estimate of drug-likeness (QED) is 0.562. The van der Waals surface area contributed by atoms with Gasteiger partial charge in [-0.25, -0.2) is 0 Å². The van der Waals surface area contributed by atoms with Crippen molar-refractivity contribution in [2.75, 3.05) is 7.11 Å². The van der Waals surface area contributed by atoms with Gasteiger partial charge in [-0.3, -0.25) is 0 Å². The number of methoxy groups -OCH3 is 1. The Labute approximate surface area is 96.1 Å². The van der Waals surface area contributed by atoms with Gasteiger partial charge in [-0.05, 0) is 30.5 Å². The van der Waals surface area contributed by atoms with Crippen molar-refractivity contribution < 1.29 is 9.57 Å². The molecule has 1 aliphatic carbocycles. The molecule has 0 saturated heterocycles. The van der Waals surface area contributed by atoms with Crippen molar-refractivity contribution in [2.45, 2.75) is 25.9 Å². The third-order valence-corrected chi connectivity index (χ3v) is 2.77. The smallest absolute Gasteiger partial charge is 0.142 e. The monoisotopic (exact) mass is 218 g/mol. The van der Waals surface area contributed by atoms with Crippen LogP contribution in [0.25, 0.3) is 0 Å². The molecule has 1 aromatic carbocycles. The Bertz CT molecular complexity index is 359. The molecule has 0 spiro atoms. The number of hydrogen-bond donors (Lipinski definition) is 0. The van der Waals surface area contributed by atoms with Crippen LogP contribution in [0, 0.1) is 5.92 Å². The second kappa shape index (κ2) is 5.54. The van der Waals surface area contributed by atoms with E-state index in [4.69, 9.17) is 9.57 Å². The van der Waals surface area contributed by atoms with Crippen LogP contribution in [0.2, 0.25) is 0 Å². The van der Waals surface area contributed by atoms with Crippen LogP contribution in [0.3, 0.4) is 0 Å². The summed E-state index contributed by atoms with van der Waals surface area (Å²) in [7, 11) is 1.66. The van der Waals surface area contributed by atoms with E-state index in [2.05, 4.69) is 11.4 Å². The Morgan fingerprint density at radius 1 is 1.44 bits per heavy atom. The topological polar surface area (TPSA) is 30.8 Å². The third kappa shape index (κ3) is 2.99. The van der Waals surface area contributed by atoms with E-state index in [1.807, 2.05) is 24.3 Å². The second-order valence-corrected chi connectivity index (χ2v) is 3.97. The van der Waals surface area contributed by atoms with Gasteiger partial charge < -0.3 is 9.57 Å². The summed E-state index contributed by atoms with van der Waals surface area (Å²) < 4.78 is 5.12. The van der Waals surface area contributed by atoms with Gasteiger partial charge in [0, 0.05) is 5.92 Å². The number of ether oxygens (including phenoxy) is 1. The predicted octanol–water partition coefficient (Wildman–Crippen LogP) is 2.87. The van der Waals surface area contributed by atoms with Crippen LogP contribution in [-0.2, 0) is 11.4 Å². The first-order chi connectivity index (χ1) is 7.88. The van der Waals surface area contributed by atoms with E-state index in [9.17, 15) is 0 Å². The zero-order valence-electron chi connectivity index (χ0n) is 9.48. The Morgan fingerprint density at radius 3 is 3.00 bits per heavy atom. The van der Waals surface area contributed by atoms with Gasteiger partial charge >= 0.3 is 0 Å². The van der Waals surface area contributed by atoms with Crippen LogP contribution in [0.4, 0.5) is 0 Å². The lowest BCUT2D eigenvalue weighted by Gasteiger charge is -2.18. The van der Waals surface area contributed by atoms with E-state index < -0.39 is 0 Å². The standard InChI is InChI=1S/C13H16NO2/c1-15-13-7-3-6-12(8-13)10-16-14-9-11-4-2-5-11/h3,6-8,11H,2,4-5,10H2,1H3. The fourth-order valence-electron chi connectivity index (χ4n) is 1.52. The predicted molar refractivity (Wildman–Crippen MR) is 62.6 cm³/mol. The maximum absolute atomic E-state index is 5.18. The van der Waals surface area contributed by atoms with Crippen LogP contribution < -0.4 is 4.74 Å². The second-order valence-electron chi connectivity index (χ2n) is 3.97. The normalized spacial score (nSPS) is 16.1. The molecule has 2 rings (SSSR count).